The van der Waals surface area contributed by atoms with Gasteiger partial charge in [0.15, 0.2) is 0 Å². The number of amides is 1. The lowest BCUT2D eigenvalue weighted by molar-refractivity contribution is -0.128. The number of pyridine rings is 1. The first-order valence-corrected chi connectivity index (χ1v) is 6.26. The van der Waals surface area contributed by atoms with Crippen LogP contribution in [0.4, 0.5) is 0 Å². The van der Waals surface area contributed by atoms with Gasteiger partial charge >= 0.3 is 0 Å². The highest BCUT2D eigenvalue weighted by molar-refractivity contribution is 6.30. The minimum absolute atomic E-state index is 0.0173. The number of aromatic nitrogens is 1. The van der Waals surface area contributed by atoms with Crippen LogP contribution in [0.25, 0.3) is 0 Å². The van der Waals surface area contributed by atoms with Gasteiger partial charge in [-0.25, -0.2) is 4.98 Å². The molecule has 1 unspecified atom stereocenters. The second kappa shape index (κ2) is 5.87. The first-order chi connectivity index (χ1) is 8.69. The van der Waals surface area contributed by atoms with E-state index in [1.54, 1.807) is 23.2 Å². The highest BCUT2D eigenvalue weighted by Gasteiger charge is 2.23. The summed E-state index contributed by atoms with van der Waals surface area (Å²) in [6.45, 7) is 4.84. The third kappa shape index (κ3) is 3.23. The lowest BCUT2D eigenvalue weighted by atomic mass is 10.1. The highest BCUT2D eigenvalue weighted by Crippen LogP contribution is 2.18. The van der Waals surface area contributed by atoms with Gasteiger partial charge in [0.05, 0.1) is 11.6 Å². The van der Waals surface area contributed by atoms with Crippen LogP contribution < -0.4 is 4.74 Å². The number of hydrogen-bond acceptors (Lipinski definition) is 3. The molecule has 0 aromatic carbocycles. The Bertz CT molecular complexity index is 433. The third-order valence-corrected chi connectivity index (χ3v) is 3.08. The average Bonchev–Trinajstić information content (AvgIpc) is 2.41. The van der Waals surface area contributed by atoms with Gasteiger partial charge in [-0.2, -0.15) is 0 Å². The number of piperidine rings is 1. The number of carbonyl (C=O) groups is 1. The van der Waals surface area contributed by atoms with Gasteiger partial charge in [0.2, 0.25) is 11.8 Å². The lowest BCUT2D eigenvalue weighted by Crippen LogP contribution is -2.43. The Kier molecular flexibility index (Phi) is 4.20. The van der Waals surface area contributed by atoms with Crippen LogP contribution >= 0.6 is 11.6 Å². The Morgan fingerprint density at radius 3 is 3.11 bits per heavy atom. The molecule has 0 aliphatic carbocycles. The summed E-state index contributed by atoms with van der Waals surface area (Å²) in [7, 11) is 0. The van der Waals surface area contributed by atoms with Crippen LogP contribution in [0.3, 0.4) is 0 Å². The van der Waals surface area contributed by atoms with Crippen LogP contribution in [0.5, 0.6) is 5.88 Å². The van der Waals surface area contributed by atoms with E-state index in [1.165, 1.54) is 6.08 Å². The minimum atomic E-state index is -0.0487. The number of hydrogen-bond donors (Lipinski definition) is 0. The van der Waals surface area contributed by atoms with Crippen LogP contribution in [-0.4, -0.2) is 35.0 Å². The Morgan fingerprint density at radius 1 is 1.61 bits per heavy atom. The first kappa shape index (κ1) is 12.9. The summed E-state index contributed by atoms with van der Waals surface area (Å²) in [5, 5.41) is 0.578. The normalized spacial score (nSPS) is 19.4. The molecule has 96 valence electrons. The monoisotopic (exact) mass is 266 g/mol. The van der Waals surface area contributed by atoms with Crippen LogP contribution in [0, 0.1) is 0 Å². The second-order valence-electron chi connectivity index (χ2n) is 4.19. The van der Waals surface area contributed by atoms with E-state index >= 15 is 0 Å². The number of carbonyl (C=O) groups excluding carboxylic acids is 1. The molecule has 0 N–H and O–H groups in total. The fourth-order valence-corrected chi connectivity index (χ4v) is 2.08. The van der Waals surface area contributed by atoms with Crippen LogP contribution in [-0.2, 0) is 4.79 Å². The molecular formula is C13H15ClN2O2. The fourth-order valence-electron chi connectivity index (χ4n) is 1.97. The molecule has 0 spiro atoms. The molecule has 1 amide bonds. The summed E-state index contributed by atoms with van der Waals surface area (Å²) >= 11 is 5.76. The molecular weight excluding hydrogens is 252 g/mol. The van der Waals surface area contributed by atoms with Crippen molar-refractivity contribution in [2.24, 2.45) is 0 Å². The predicted molar refractivity (Wildman–Crippen MR) is 69.7 cm³/mol. The molecule has 1 aromatic rings. The Balaban J connectivity index is 1.95. The molecule has 5 heteroatoms. The molecule has 0 saturated carbocycles. The van der Waals surface area contributed by atoms with Crippen molar-refractivity contribution in [2.75, 3.05) is 13.1 Å². The van der Waals surface area contributed by atoms with Crippen molar-refractivity contribution in [1.29, 1.82) is 0 Å². The van der Waals surface area contributed by atoms with Gasteiger partial charge in [-0.15, -0.1) is 0 Å². The van der Waals surface area contributed by atoms with Gasteiger partial charge < -0.3 is 9.64 Å². The highest BCUT2D eigenvalue weighted by atomic mass is 35.5. The first-order valence-electron chi connectivity index (χ1n) is 5.88. The van der Waals surface area contributed by atoms with Crippen LogP contribution in [0.2, 0.25) is 5.02 Å². The molecule has 4 nitrogen and oxygen atoms in total. The zero-order chi connectivity index (χ0) is 13.0. The van der Waals surface area contributed by atoms with Crippen molar-refractivity contribution in [3.8, 4) is 5.88 Å². The topological polar surface area (TPSA) is 42.4 Å². The van der Waals surface area contributed by atoms with Gasteiger partial charge in [0, 0.05) is 18.8 Å². The quantitative estimate of drug-likeness (QED) is 0.789. The number of nitrogens with zero attached hydrogens (tertiary/aromatic N) is 2. The van der Waals surface area contributed by atoms with E-state index in [4.69, 9.17) is 16.3 Å². The van der Waals surface area contributed by atoms with Gasteiger partial charge in [0.1, 0.15) is 6.10 Å². The van der Waals surface area contributed by atoms with E-state index < -0.39 is 0 Å². The third-order valence-electron chi connectivity index (χ3n) is 2.85. The maximum absolute atomic E-state index is 11.5. The fraction of sp³-hybridized carbons (Fsp3) is 0.385. The molecule has 18 heavy (non-hydrogen) atoms. The predicted octanol–water partition coefficient (Wildman–Crippen LogP) is 2.29. The summed E-state index contributed by atoms with van der Waals surface area (Å²) in [4.78, 5) is 17.4. The van der Waals surface area contributed by atoms with Crippen molar-refractivity contribution in [3.05, 3.63) is 36.0 Å². The molecule has 0 bridgehead atoms. The molecule has 2 rings (SSSR count). The molecule has 1 aliphatic heterocycles. The van der Waals surface area contributed by atoms with E-state index in [0.29, 0.717) is 17.4 Å². The summed E-state index contributed by atoms with van der Waals surface area (Å²) in [6.07, 6.45) is 4.72. The summed E-state index contributed by atoms with van der Waals surface area (Å²) in [6, 6.07) is 3.47. The largest absolute Gasteiger partial charge is 0.472 e. The molecule has 2 heterocycles. The molecule has 1 fully saturated rings. The number of rotatable bonds is 3. The van der Waals surface area contributed by atoms with Crippen molar-refractivity contribution in [3.63, 3.8) is 0 Å². The average molecular weight is 267 g/mol. The number of likely N-dealkylation sites (tertiary alicyclic amines) is 1. The van der Waals surface area contributed by atoms with Gasteiger partial charge in [0.25, 0.3) is 0 Å². The Morgan fingerprint density at radius 2 is 2.44 bits per heavy atom. The van der Waals surface area contributed by atoms with E-state index in [0.717, 1.165) is 19.4 Å². The molecule has 1 atom stereocenters. The number of halogens is 1. The SMILES string of the molecule is C=CC(=O)N1CCCC(Oc2ccc(Cl)cn2)C1. The number of ether oxygens (including phenoxy) is 1. The maximum atomic E-state index is 11.5. The zero-order valence-electron chi connectivity index (χ0n) is 10.0. The van der Waals surface area contributed by atoms with E-state index in [-0.39, 0.29) is 12.0 Å². The lowest BCUT2D eigenvalue weighted by Gasteiger charge is -2.31. The van der Waals surface area contributed by atoms with Crippen molar-refractivity contribution in [2.45, 2.75) is 18.9 Å². The van der Waals surface area contributed by atoms with Crippen LogP contribution in [0.1, 0.15) is 12.8 Å². The van der Waals surface area contributed by atoms with Crippen molar-refractivity contribution >= 4 is 17.5 Å². The standard InChI is InChI=1S/C13H15ClN2O2/c1-2-13(17)16-7-3-4-11(9-16)18-12-6-5-10(14)8-15-12/h2,5-6,8,11H,1,3-4,7,9H2. The molecule has 1 saturated heterocycles. The Labute approximate surface area is 111 Å². The molecule has 0 radical (unpaired) electrons. The summed E-state index contributed by atoms with van der Waals surface area (Å²) in [5.74, 6) is 0.490. The minimum Gasteiger partial charge on any atom is -0.472 e. The molecule has 1 aliphatic rings. The zero-order valence-corrected chi connectivity index (χ0v) is 10.8. The van der Waals surface area contributed by atoms with E-state index in [9.17, 15) is 4.79 Å². The van der Waals surface area contributed by atoms with Gasteiger partial charge in [-0.1, -0.05) is 18.2 Å². The van der Waals surface area contributed by atoms with Crippen molar-refractivity contribution < 1.29 is 9.53 Å². The van der Waals surface area contributed by atoms with Gasteiger partial charge in [-0.05, 0) is 25.0 Å². The molecule has 1 aromatic heterocycles. The van der Waals surface area contributed by atoms with Crippen LogP contribution in [0.15, 0.2) is 31.0 Å². The Hall–Kier alpha value is -1.55. The van der Waals surface area contributed by atoms with Crippen molar-refractivity contribution in [1.82, 2.24) is 9.88 Å². The van der Waals surface area contributed by atoms with E-state index in [1.807, 2.05) is 0 Å². The maximum Gasteiger partial charge on any atom is 0.246 e. The van der Waals surface area contributed by atoms with E-state index in [2.05, 4.69) is 11.6 Å². The second-order valence-corrected chi connectivity index (χ2v) is 4.62. The summed E-state index contributed by atoms with van der Waals surface area (Å²) in [5.41, 5.74) is 0. The van der Waals surface area contributed by atoms with Gasteiger partial charge in [-0.3, -0.25) is 4.79 Å². The summed E-state index contributed by atoms with van der Waals surface area (Å²) < 4.78 is 5.74. The smallest absolute Gasteiger partial charge is 0.246 e.